The molecule has 0 amide bonds. The van der Waals surface area contributed by atoms with Gasteiger partial charge in [0.1, 0.15) is 11.5 Å². The molecule has 2 N–H and O–H groups in total. The summed E-state index contributed by atoms with van der Waals surface area (Å²) >= 11 is 0. The molecule has 4 bridgehead atoms. The number of hydrogen-bond acceptors (Lipinski definition) is 2. The van der Waals surface area contributed by atoms with E-state index >= 15 is 0 Å². The Bertz CT molecular complexity index is 503. The van der Waals surface area contributed by atoms with E-state index in [4.69, 9.17) is 10.2 Å². The topological polar surface area (TPSA) is 39.2 Å². The van der Waals surface area contributed by atoms with E-state index in [9.17, 15) is 0 Å². The van der Waals surface area contributed by atoms with Crippen LogP contribution in [-0.4, -0.2) is 0 Å². The predicted octanol–water partition coefficient (Wildman–Crippen LogP) is 4.45. The molecule has 4 aliphatic carbocycles. The lowest BCUT2D eigenvalue weighted by molar-refractivity contribution is -0.116. The molecule has 1 heterocycles. The van der Waals surface area contributed by atoms with Crippen molar-refractivity contribution in [1.82, 2.24) is 0 Å². The Labute approximate surface area is 122 Å². The lowest BCUT2D eigenvalue weighted by Gasteiger charge is -2.62. The van der Waals surface area contributed by atoms with Gasteiger partial charge in [0.05, 0.1) is 6.04 Å². The first-order valence-electron chi connectivity index (χ1n) is 8.36. The highest BCUT2D eigenvalue weighted by Gasteiger charge is 2.58. The molecule has 0 spiro atoms. The molecule has 0 aromatic carbocycles. The molecule has 0 aliphatic heterocycles. The highest BCUT2D eigenvalue weighted by atomic mass is 16.3. The standard InChI is InChI=1S/C18H27NO/c1-3-14-4-5-15(20-14)16(19)18-9-12-6-13(10-18)8-17(2,7-12)11-18/h4-5,12-13,16H,3,6-11,19H2,1-2H3. The van der Waals surface area contributed by atoms with Gasteiger partial charge in [0.15, 0.2) is 0 Å². The molecule has 4 fully saturated rings. The van der Waals surface area contributed by atoms with E-state index in [1.165, 1.54) is 38.5 Å². The molecule has 2 nitrogen and oxygen atoms in total. The molecule has 20 heavy (non-hydrogen) atoms. The first-order valence-corrected chi connectivity index (χ1v) is 8.36. The number of furan rings is 1. The minimum atomic E-state index is 0.105. The average Bonchev–Trinajstić information content (AvgIpc) is 2.83. The fourth-order valence-electron chi connectivity index (χ4n) is 6.22. The van der Waals surface area contributed by atoms with Crippen molar-refractivity contribution in [2.45, 2.75) is 64.8 Å². The van der Waals surface area contributed by atoms with Crippen LogP contribution < -0.4 is 5.73 Å². The molecule has 2 heteroatoms. The maximum absolute atomic E-state index is 6.73. The molecule has 3 unspecified atom stereocenters. The molecule has 110 valence electrons. The van der Waals surface area contributed by atoms with E-state index in [-0.39, 0.29) is 6.04 Å². The molecule has 0 saturated heterocycles. The number of rotatable bonds is 3. The molecular formula is C18H27NO. The Hall–Kier alpha value is -0.760. The zero-order valence-corrected chi connectivity index (χ0v) is 12.8. The Balaban J connectivity index is 1.66. The molecule has 0 radical (unpaired) electrons. The van der Waals surface area contributed by atoms with Crippen LogP contribution in [0.4, 0.5) is 0 Å². The molecule has 4 saturated carbocycles. The quantitative estimate of drug-likeness (QED) is 0.883. The third kappa shape index (κ3) is 1.80. The zero-order valence-electron chi connectivity index (χ0n) is 12.8. The van der Waals surface area contributed by atoms with Gasteiger partial charge >= 0.3 is 0 Å². The van der Waals surface area contributed by atoms with Crippen LogP contribution in [0, 0.1) is 22.7 Å². The Morgan fingerprint density at radius 2 is 1.95 bits per heavy atom. The monoisotopic (exact) mass is 273 g/mol. The van der Waals surface area contributed by atoms with Crippen LogP contribution in [-0.2, 0) is 6.42 Å². The van der Waals surface area contributed by atoms with Crippen molar-refractivity contribution in [3.63, 3.8) is 0 Å². The number of aryl methyl sites for hydroxylation is 1. The Morgan fingerprint density at radius 1 is 1.25 bits per heavy atom. The van der Waals surface area contributed by atoms with E-state index in [1.54, 1.807) is 0 Å². The third-order valence-electron chi connectivity index (χ3n) is 6.40. The van der Waals surface area contributed by atoms with Crippen LogP contribution >= 0.6 is 0 Å². The van der Waals surface area contributed by atoms with Crippen LogP contribution in [0.15, 0.2) is 16.5 Å². The van der Waals surface area contributed by atoms with Gasteiger partial charge < -0.3 is 10.2 Å². The summed E-state index contributed by atoms with van der Waals surface area (Å²) in [6, 6.07) is 4.34. The lowest BCUT2D eigenvalue weighted by atomic mass is 9.43. The van der Waals surface area contributed by atoms with Crippen molar-refractivity contribution >= 4 is 0 Å². The van der Waals surface area contributed by atoms with Gasteiger partial charge in [-0.3, -0.25) is 0 Å². The van der Waals surface area contributed by atoms with Crippen molar-refractivity contribution in [2.75, 3.05) is 0 Å². The summed E-state index contributed by atoms with van der Waals surface area (Å²) in [7, 11) is 0. The lowest BCUT2D eigenvalue weighted by Crippen LogP contribution is -2.54. The van der Waals surface area contributed by atoms with Crippen LogP contribution in [0.2, 0.25) is 0 Å². The molecule has 1 aromatic heterocycles. The fourth-order valence-corrected chi connectivity index (χ4v) is 6.22. The summed E-state index contributed by atoms with van der Waals surface area (Å²) in [5.41, 5.74) is 7.61. The van der Waals surface area contributed by atoms with E-state index in [2.05, 4.69) is 26.0 Å². The normalized spacial score (nSPS) is 44.0. The third-order valence-corrected chi connectivity index (χ3v) is 6.40. The van der Waals surface area contributed by atoms with Gasteiger partial charge in [-0.05, 0) is 73.3 Å². The van der Waals surface area contributed by atoms with Gasteiger partial charge in [-0.25, -0.2) is 0 Å². The van der Waals surface area contributed by atoms with Gasteiger partial charge in [-0.15, -0.1) is 0 Å². The smallest absolute Gasteiger partial charge is 0.121 e. The summed E-state index contributed by atoms with van der Waals surface area (Å²) in [5, 5.41) is 0. The van der Waals surface area contributed by atoms with Crippen molar-refractivity contribution in [1.29, 1.82) is 0 Å². The van der Waals surface area contributed by atoms with Crippen molar-refractivity contribution in [3.05, 3.63) is 23.7 Å². The number of nitrogens with two attached hydrogens (primary N) is 1. The average molecular weight is 273 g/mol. The fraction of sp³-hybridized carbons (Fsp3) is 0.778. The summed E-state index contributed by atoms with van der Waals surface area (Å²) in [4.78, 5) is 0. The highest BCUT2D eigenvalue weighted by Crippen LogP contribution is 2.67. The Kier molecular flexibility index (Phi) is 2.67. The maximum Gasteiger partial charge on any atom is 0.121 e. The summed E-state index contributed by atoms with van der Waals surface area (Å²) < 4.78 is 5.99. The molecule has 5 rings (SSSR count). The number of hydrogen-bond donors (Lipinski definition) is 1. The van der Waals surface area contributed by atoms with E-state index < -0.39 is 0 Å². The maximum atomic E-state index is 6.73. The molecule has 4 aliphatic rings. The van der Waals surface area contributed by atoms with Crippen molar-refractivity contribution < 1.29 is 4.42 Å². The van der Waals surface area contributed by atoms with E-state index in [1.807, 2.05) is 0 Å². The summed E-state index contributed by atoms with van der Waals surface area (Å²) in [5.74, 6) is 3.96. The second-order valence-corrected chi connectivity index (χ2v) is 8.27. The van der Waals surface area contributed by atoms with Crippen molar-refractivity contribution in [2.24, 2.45) is 28.4 Å². The molecular weight excluding hydrogens is 246 g/mol. The van der Waals surface area contributed by atoms with Crippen molar-refractivity contribution in [3.8, 4) is 0 Å². The van der Waals surface area contributed by atoms with Crippen LogP contribution in [0.5, 0.6) is 0 Å². The minimum absolute atomic E-state index is 0.105. The first-order chi connectivity index (χ1) is 9.52. The predicted molar refractivity (Wildman–Crippen MR) is 80.2 cm³/mol. The van der Waals surface area contributed by atoms with Crippen LogP contribution in [0.1, 0.15) is 69.9 Å². The second-order valence-electron chi connectivity index (χ2n) is 8.27. The summed E-state index contributed by atoms with van der Waals surface area (Å²) in [6.07, 6.45) is 9.29. The minimum Gasteiger partial charge on any atom is -0.464 e. The van der Waals surface area contributed by atoms with Gasteiger partial charge in [0.25, 0.3) is 0 Å². The van der Waals surface area contributed by atoms with Crippen LogP contribution in [0.25, 0.3) is 0 Å². The van der Waals surface area contributed by atoms with E-state index in [0.717, 1.165) is 29.8 Å². The second kappa shape index (κ2) is 4.13. The van der Waals surface area contributed by atoms with Gasteiger partial charge in [0.2, 0.25) is 0 Å². The molecule has 3 atom stereocenters. The van der Waals surface area contributed by atoms with E-state index in [0.29, 0.717) is 10.8 Å². The molecule has 1 aromatic rings. The van der Waals surface area contributed by atoms with Gasteiger partial charge in [-0.1, -0.05) is 13.8 Å². The highest BCUT2D eigenvalue weighted by molar-refractivity contribution is 5.18. The SMILES string of the molecule is CCc1ccc(C(N)C23CC4CC(CC(C)(C4)C2)C3)o1. The Morgan fingerprint density at radius 3 is 2.50 bits per heavy atom. The van der Waals surface area contributed by atoms with Gasteiger partial charge in [-0.2, -0.15) is 0 Å². The van der Waals surface area contributed by atoms with Crippen LogP contribution in [0.3, 0.4) is 0 Å². The van der Waals surface area contributed by atoms with Gasteiger partial charge in [0, 0.05) is 6.42 Å². The summed E-state index contributed by atoms with van der Waals surface area (Å²) in [6.45, 7) is 4.64. The largest absolute Gasteiger partial charge is 0.464 e. The first kappa shape index (κ1) is 12.9. The zero-order chi connectivity index (χ0) is 14.0.